The van der Waals surface area contributed by atoms with E-state index in [-0.39, 0.29) is 5.82 Å². The normalized spacial score (nSPS) is 26.9. The number of hydrogen-bond acceptors (Lipinski definition) is 1. The zero-order valence-corrected chi connectivity index (χ0v) is 12.0. The summed E-state index contributed by atoms with van der Waals surface area (Å²) in [5, 5.41) is 10.7. The van der Waals surface area contributed by atoms with E-state index in [4.69, 9.17) is 0 Å². The fourth-order valence-corrected chi connectivity index (χ4v) is 3.40. The van der Waals surface area contributed by atoms with Crippen LogP contribution in [-0.4, -0.2) is 10.7 Å². The Balaban J connectivity index is 1.98. The van der Waals surface area contributed by atoms with Crippen molar-refractivity contribution >= 4 is 0 Å². The highest BCUT2D eigenvalue weighted by Crippen LogP contribution is 2.38. The third-order valence-electron chi connectivity index (χ3n) is 4.75. The zero-order valence-electron chi connectivity index (χ0n) is 12.0. The molecule has 19 heavy (non-hydrogen) atoms. The summed E-state index contributed by atoms with van der Waals surface area (Å²) in [7, 11) is 0. The lowest BCUT2D eigenvalue weighted by Crippen LogP contribution is -2.39. The van der Waals surface area contributed by atoms with E-state index in [2.05, 4.69) is 6.92 Å². The van der Waals surface area contributed by atoms with Crippen molar-refractivity contribution in [3.63, 3.8) is 0 Å². The van der Waals surface area contributed by atoms with Crippen molar-refractivity contribution in [3.05, 3.63) is 35.6 Å². The molecule has 0 bridgehead atoms. The van der Waals surface area contributed by atoms with Gasteiger partial charge < -0.3 is 5.11 Å². The molecule has 0 radical (unpaired) electrons. The van der Waals surface area contributed by atoms with Crippen LogP contribution < -0.4 is 0 Å². The molecule has 0 aromatic heterocycles. The van der Waals surface area contributed by atoms with Crippen LogP contribution >= 0.6 is 0 Å². The molecule has 2 rings (SSSR count). The number of rotatable bonds is 4. The van der Waals surface area contributed by atoms with Gasteiger partial charge in [-0.2, -0.15) is 0 Å². The molecule has 1 saturated carbocycles. The summed E-state index contributed by atoms with van der Waals surface area (Å²) in [4.78, 5) is 0. The average molecular weight is 264 g/mol. The van der Waals surface area contributed by atoms with Crippen LogP contribution in [-0.2, 0) is 6.42 Å². The van der Waals surface area contributed by atoms with E-state index in [1.807, 2.05) is 13.0 Å². The van der Waals surface area contributed by atoms with E-state index >= 15 is 0 Å². The van der Waals surface area contributed by atoms with Gasteiger partial charge in [0.15, 0.2) is 0 Å². The summed E-state index contributed by atoms with van der Waals surface area (Å²) in [6.07, 6.45) is 6.44. The second kappa shape index (κ2) is 6.04. The van der Waals surface area contributed by atoms with Crippen LogP contribution in [0.4, 0.5) is 4.39 Å². The molecule has 0 amide bonds. The number of aliphatic hydroxyl groups is 1. The average Bonchev–Trinajstić information content (AvgIpc) is 2.38. The predicted octanol–water partition coefficient (Wildman–Crippen LogP) is 4.34. The Bertz CT molecular complexity index is 405. The first-order valence-electron chi connectivity index (χ1n) is 7.48. The lowest BCUT2D eigenvalue weighted by Gasteiger charge is -2.38. The first-order valence-corrected chi connectivity index (χ1v) is 7.48. The van der Waals surface area contributed by atoms with Gasteiger partial charge in [0.1, 0.15) is 5.82 Å². The van der Waals surface area contributed by atoms with Crippen molar-refractivity contribution in [3.8, 4) is 0 Å². The van der Waals surface area contributed by atoms with Gasteiger partial charge in [-0.1, -0.05) is 38.3 Å². The number of halogens is 1. The van der Waals surface area contributed by atoms with E-state index in [1.54, 1.807) is 6.07 Å². The third-order valence-corrected chi connectivity index (χ3v) is 4.75. The molecule has 1 aromatic rings. The van der Waals surface area contributed by atoms with Gasteiger partial charge in [0.25, 0.3) is 0 Å². The Kier molecular flexibility index (Phi) is 4.62. The van der Waals surface area contributed by atoms with Gasteiger partial charge in [-0.05, 0) is 49.3 Å². The monoisotopic (exact) mass is 264 g/mol. The van der Waals surface area contributed by atoms with Crippen LogP contribution in [0, 0.1) is 17.7 Å². The molecule has 1 atom stereocenters. The molecule has 1 unspecified atom stereocenters. The highest BCUT2D eigenvalue weighted by atomic mass is 19.1. The fraction of sp³-hybridized carbons (Fsp3) is 0.647. The Morgan fingerprint density at radius 1 is 1.26 bits per heavy atom. The summed E-state index contributed by atoms with van der Waals surface area (Å²) >= 11 is 0. The Morgan fingerprint density at radius 2 is 1.95 bits per heavy atom. The highest BCUT2D eigenvalue weighted by Gasteiger charge is 2.34. The first kappa shape index (κ1) is 14.5. The maximum absolute atomic E-state index is 13.2. The topological polar surface area (TPSA) is 20.2 Å². The lowest BCUT2D eigenvalue weighted by molar-refractivity contribution is -0.0221. The fourth-order valence-electron chi connectivity index (χ4n) is 3.40. The van der Waals surface area contributed by atoms with Crippen LogP contribution in [0.3, 0.4) is 0 Å². The van der Waals surface area contributed by atoms with Crippen LogP contribution in [0.1, 0.15) is 51.5 Å². The largest absolute Gasteiger partial charge is 0.390 e. The van der Waals surface area contributed by atoms with Crippen molar-refractivity contribution in [1.29, 1.82) is 0 Å². The van der Waals surface area contributed by atoms with Crippen molar-refractivity contribution in [2.24, 2.45) is 11.8 Å². The van der Waals surface area contributed by atoms with Crippen molar-refractivity contribution in [1.82, 2.24) is 0 Å². The summed E-state index contributed by atoms with van der Waals surface area (Å²) in [6, 6.07) is 6.60. The molecule has 0 saturated heterocycles. The molecule has 0 aliphatic heterocycles. The molecule has 0 heterocycles. The molecule has 2 heteroatoms. The van der Waals surface area contributed by atoms with E-state index in [0.29, 0.717) is 12.3 Å². The van der Waals surface area contributed by atoms with Crippen LogP contribution in [0.2, 0.25) is 0 Å². The van der Waals surface area contributed by atoms with Gasteiger partial charge in [0.05, 0.1) is 5.60 Å². The molecule has 1 aromatic carbocycles. The minimum Gasteiger partial charge on any atom is -0.390 e. The van der Waals surface area contributed by atoms with Crippen molar-refractivity contribution in [2.45, 2.75) is 58.0 Å². The molecular formula is C17H25FO. The SMILES string of the molecule is CCC1CCC(C(C)(O)Cc2cccc(F)c2)CC1. The Hall–Kier alpha value is -0.890. The number of hydrogen-bond donors (Lipinski definition) is 1. The van der Waals surface area contributed by atoms with E-state index in [9.17, 15) is 9.50 Å². The number of benzene rings is 1. The second-order valence-corrected chi connectivity index (χ2v) is 6.29. The molecule has 0 spiro atoms. The lowest BCUT2D eigenvalue weighted by atomic mass is 9.71. The van der Waals surface area contributed by atoms with Crippen LogP contribution in [0.25, 0.3) is 0 Å². The van der Waals surface area contributed by atoms with E-state index in [0.717, 1.165) is 24.3 Å². The van der Waals surface area contributed by atoms with Gasteiger partial charge >= 0.3 is 0 Å². The third kappa shape index (κ3) is 3.79. The van der Waals surface area contributed by atoms with Gasteiger partial charge in [0, 0.05) is 6.42 Å². The molecule has 1 aliphatic rings. The molecule has 1 N–H and O–H groups in total. The van der Waals surface area contributed by atoms with Gasteiger partial charge in [-0.25, -0.2) is 4.39 Å². The van der Waals surface area contributed by atoms with E-state index < -0.39 is 5.60 Å². The van der Waals surface area contributed by atoms with Crippen molar-refractivity contribution < 1.29 is 9.50 Å². The maximum Gasteiger partial charge on any atom is 0.123 e. The minimum absolute atomic E-state index is 0.219. The van der Waals surface area contributed by atoms with Gasteiger partial charge in [-0.15, -0.1) is 0 Å². The summed E-state index contributed by atoms with van der Waals surface area (Å²) in [6.45, 7) is 4.16. The Morgan fingerprint density at radius 3 is 2.53 bits per heavy atom. The molecule has 106 valence electrons. The molecule has 1 nitrogen and oxygen atoms in total. The molecular weight excluding hydrogens is 239 g/mol. The smallest absolute Gasteiger partial charge is 0.123 e. The van der Waals surface area contributed by atoms with Crippen LogP contribution in [0.15, 0.2) is 24.3 Å². The van der Waals surface area contributed by atoms with Gasteiger partial charge in [0.2, 0.25) is 0 Å². The van der Waals surface area contributed by atoms with Crippen molar-refractivity contribution in [2.75, 3.05) is 0 Å². The standard InChI is InChI=1S/C17H25FO/c1-3-13-7-9-15(10-8-13)17(2,19)12-14-5-4-6-16(18)11-14/h4-6,11,13,15,19H,3,7-10,12H2,1-2H3. The summed E-state index contributed by atoms with van der Waals surface area (Å²) in [5.74, 6) is 0.961. The molecule has 1 aliphatic carbocycles. The first-order chi connectivity index (χ1) is 9.01. The van der Waals surface area contributed by atoms with Gasteiger partial charge in [-0.3, -0.25) is 0 Å². The second-order valence-electron chi connectivity index (χ2n) is 6.29. The maximum atomic E-state index is 13.2. The minimum atomic E-state index is -0.716. The predicted molar refractivity (Wildman–Crippen MR) is 76.5 cm³/mol. The molecule has 1 fully saturated rings. The summed E-state index contributed by atoms with van der Waals surface area (Å²) in [5.41, 5.74) is 0.176. The summed E-state index contributed by atoms with van der Waals surface area (Å²) < 4.78 is 13.2. The van der Waals surface area contributed by atoms with E-state index in [1.165, 1.54) is 31.4 Å². The van der Waals surface area contributed by atoms with Crippen LogP contribution in [0.5, 0.6) is 0 Å². The highest BCUT2D eigenvalue weighted by molar-refractivity contribution is 5.18. The zero-order chi connectivity index (χ0) is 13.9. The quantitative estimate of drug-likeness (QED) is 0.858. The Labute approximate surface area is 115 Å².